The maximum Gasteiger partial charge on any atom is 0.320 e. The van der Waals surface area contributed by atoms with Gasteiger partial charge in [-0.3, -0.25) is 4.79 Å². The topological polar surface area (TPSA) is 60.9 Å². The largest absolute Gasteiger partial charge is 0.481 e. The standard InChI is InChI=1S/C13H22N2O3S/c16-12(17)9-11-10-19-8-7-15(11)13(18)14-5-3-1-2-4-6-14/h11H,1-10H2,(H,16,17). The Balaban J connectivity index is 1.99. The van der Waals surface area contributed by atoms with Crippen molar-refractivity contribution in [3.05, 3.63) is 0 Å². The molecule has 1 atom stereocenters. The molecular weight excluding hydrogens is 264 g/mol. The fourth-order valence-electron chi connectivity index (χ4n) is 2.72. The van der Waals surface area contributed by atoms with Gasteiger partial charge >= 0.3 is 12.0 Å². The lowest BCUT2D eigenvalue weighted by Crippen LogP contribution is -2.52. The molecule has 0 spiro atoms. The molecule has 108 valence electrons. The normalized spacial score (nSPS) is 24.9. The maximum atomic E-state index is 12.5. The van der Waals surface area contributed by atoms with Crippen LogP contribution in [-0.2, 0) is 4.79 Å². The van der Waals surface area contributed by atoms with Crippen molar-refractivity contribution in [3.63, 3.8) is 0 Å². The molecule has 0 bridgehead atoms. The quantitative estimate of drug-likeness (QED) is 0.842. The second kappa shape index (κ2) is 7.03. The van der Waals surface area contributed by atoms with Gasteiger partial charge < -0.3 is 14.9 Å². The van der Waals surface area contributed by atoms with Crippen LogP contribution in [0.15, 0.2) is 0 Å². The highest BCUT2D eigenvalue weighted by Crippen LogP contribution is 2.21. The van der Waals surface area contributed by atoms with Crippen molar-refractivity contribution >= 4 is 23.8 Å². The van der Waals surface area contributed by atoms with E-state index in [4.69, 9.17) is 5.11 Å². The molecule has 2 aliphatic heterocycles. The summed E-state index contributed by atoms with van der Waals surface area (Å²) in [6, 6.07) is -0.0968. The monoisotopic (exact) mass is 286 g/mol. The molecule has 2 saturated heterocycles. The summed E-state index contributed by atoms with van der Waals surface area (Å²) in [6.07, 6.45) is 4.58. The Bertz CT molecular complexity index is 330. The van der Waals surface area contributed by atoms with E-state index in [1.54, 1.807) is 16.7 Å². The zero-order valence-corrected chi connectivity index (χ0v) is 12.0. The van der Waals surface area contributed by atoms with E-state index in [0.29, 0.717) is 6.54 Å². The van der Waals surface area contributed by atoms with Crippen LogP contribution in [0.4, 0.5) is 4.79 Å². The molecule has 0 aromatic rings. The molecule has 2 fully saturated rings. The SMILES string of the molecule is O=C(O)CC1CSCCN1C(=O)N1CCCCCC1. The molecule has 0 radical (unpaired) electrons. The summed E-state index contributed by atoms with van der Waals surface area (Å²) >= 11 is 1.74. The first-order chi connectivity index (χ1) is 9.18. The molecule has 2 rings (SSSR count). The number of aliphatic carboxylic acids is 1. The predicted octanol–water partition coefficient (Wildman–Crippen LogP) is 1.87. The Labute approximate surface area is 118 Å². The van der Waals surface area contributed by atoms with Crippen LogP contribution in [0.5, 0.6) is 0 Å². The molecule has 0 saturated carbocycles. The molecule has 2 amide bonds. The van der Waals surface area contributed by atoms with E-state index in [-0.39, 0.29) is 18.5 Å². The predicted molar refractivity (Wildman–Crippen MR) is 75.5 cm³/mol. The molecule has 0 aromatic heterocycles. The Hall–Kier alpha value is -0.910. The number of carbonyl (C=O) groups excluding carboxylic acids is 1. The summed E-state index contributed by atoms with van der Waals surface area (Å²) in [7, 11) is 0. The summed E-state index contributed by atoms with van der Waals surface area (Å²) in [5.41, 5.74) is 0. The number of likely N-dealkylation sites (tertiary alicyclic amines) is 1. The molecule has 0 aliphatic carbocycles. The Morgan fingerprint density at radius 2 is 1.79 bits per heavy atom. The first-order valence-corrected chi connectivity index (χ1v) is 8.19. The minimum absolute atomic E-state index is 0.0495. The molecule has 1 N–H and O–H groups in total. The average molecular weight is 286 g/mol. The van der Waals surface area contributed by atoms with Gasteiger partial charge in [0.15, 0.2) is 0 Å². The van der Waals surface area contributed by atoms with Crippen LogP contribution in [0.2, 0.25) is 0 Å². The van der Waals surface area contributed by atoms with Crippen LogP contribution in [0.1, 0.15) is 32.1 Å². The van der Waals surface area contributed by atoms with Crippen LogP contribution >= 0.6 is 11.8 Å². The minimum atomic E-state index is -0.818. The third kappa shape index (κ3) is 4.03. The molecular formula is C13H22N2O3S. The first kappa shape index (κ1) is 14.5. The minimum Gasteiger partial charge on any atom is -0.481 e. The van der Waals surface area contributed by atoms with E-state index in [1.807, 2.05) is 4.90 Å². The van der Waals surface area contributed by atoms with E-state index in [1.165, 1.54) is 12.8 Å². The van der Waals surface area contributed by atoms with Crippen LogP contribution < -0.4 is 0 Å². The van der Waals surface area contributed by atoms with Gasteiger partial charge in [-0.15, -0.1) is 0 Å². The van der Waals surface area contributed by atoms with Gasteiger partial charge in [0, 0.05) is 31.1 Å². The molecule has 2 heterocycles. The average Bonchev–Trinajstić information content (AvgIpc) is 2.67. The lowest BCUT2D eigenvalue weighted by molar-refractivity contribution is -0.138. The fourth-order valence-corrected chi connectivity index (χ4v) is 3.78. The third-order valence-corrected chi connectivity index (χ3v) is 4.85. The number of carboxylic acid groups (broad SMARTS) is 1. The van der Waals surface area contributed by atoms with E-state index in [0.717, 1.165) is 37.4 Å². The van der Waals surface area contributed by atoms with Crippen molar-refractivity contribution in [1.29, 1.82) is 0 Å². The van der Waals surface area contributed by atoms with Crippen LogP contribution in [0, 0.1) is 0 Å². The van der Waals surface area contributed by atoms with E-state index >= 15 is 0 Å². The van der Waals surface area contributed by atoms with Gasteiger partial charge in [-0.2, -0.15) is 11.8 Å². The molecule has 5 nitrogen and oxygen atoms in total. The number of nitrogens with zero attached hydrogens (tertiary/aromatic N) is 2. The maximum absolute atomic E-state index is 12.5. The van der Waals surface area contributed by atoms with Crippen molar-refractivity contribution in [2.75, 3.05) is 31.1 Å². The highest BCUT2D eigenvalue weighted by Gasteiger charge is 2.31. The third-order valence-electron chi connectivity index (χ3n) is 3.76. The Kier molecular flexibility index (Phi) is 5.36. The zero-order valence-electron chi connectivity index (χ0n) is 11.2. The van der Waals surface area contributed by atoms with Crippen LogP contribution in [-0.4, -0.2) is 64.1 Å². The number of rotatable bonds is 2. The molecule has 1 unspecified atom stereocenters. The number of hydrogen-bond donors (Lipinski definition) is 1. The lowest BCUT2D eigenvalue weighted by atomic mass is 10.2. The van der Waals surface area contributed by atoms with Gasteiger partial charge in [-0.05, 0) is 12.8 Å². The number of hydrogen-bond acceptors (Lipinski definition) is 3. The molecule has 0 aromatic carbocycles. The lowest BCUT2D eigenvalue weighted by Gasteiger charge is -2.38. The van der Waals surface area contributed by atoms with Gasteiger partial charge in [-0.1, -0.05) is 12.8 Å². The number of thioether (sulfide) groups is 1. The van der Waals surface area contributed by atoms with Gasteiger partial charge in [0.2, 0.25) is 0 Å². The summed E-state index contributed by atoms with van der Waals surface area (Å²) in [4.78, 5) is 27.2. The molecule has 19 heavy (non-hydrogen) atoms. The van der Waals surface area contributed by atoms with E-state index in [2.05, 4.69) is 0 Å². The highest BCUT2D eigenvalue weighted by atomic mass is 32.2. The van der Waals surface area contributed by atoms with Crippen molar-refractivity contribution in [2.24, 2.45) is 0 Å². The van der Waals surface area contributed by atoms with E-state index < -0.39 is 5.97 Å². The first-order valence-electron chi connectivity index (χ1n) is 7.03. The Morgan fingerprint density at radius 3 is 2.42 bits per heavy atom. The number of amides is 2. The van der Waals surface area contributed by atoms with Crippen molar-refractivity contribution in [1.82, 2.24) is 9.80 Å². The van der Waals surface area contributed by atoms with Crippen molar-refractivity contribution in [3.8, 4) is 0 Å². The fraction of sp³-hybridized carbons (Fsp3) is 0.846. The van der Waals surface area contributed by atoms with Crippen LogP contribution in [0.25, 0.3) is 0 Å². The second-order valence-corrected chi connectivity index (χ2v) is 6.35. The second-order valence-electron chi connectivity index (χ2n) is 5.20. The summed E-state index contributed by atoms with van der Waals surface area (Å²) in [5.74, 6) is 0.836. The van der Waals surface area contributed by atoms with Gasteiger partial charge in [0.1, 0.15) is 0 Å². The number of carbonyl (C=O) groups is 2. The zero-order chi connectivity index (χ0) is 13.7. The van der Waals surface area contributed by atoms with Crippen LogP contribution in [0.3, 0.4) is 0 Å². The van der Waals surface area contributed by atoms with Gasteiger partial charge in [0.05, 0.1) is 12.5 Å². The van der Waals surface area contributed by atoms with Crippen molar-refractivity contribution in [2.45, 2.75) is 38.1 Å². The summed E-state index contributed by atoms with van der Waals surface area (Å²) in [6.45, 7) is 2.32. The number of carboxylic acids is 1. The smallest absolute Gasteiger partial charge is 0.320 e. The van der Waals surface area contributed by atoms with E-state index in [9.17, 15) is 9.59 Å². The molecule has 2 aliphatic rings. The molecule has 6 heteroatoms. The number of urea groups is 1. The summed E-state index contributed by atoms with van der Waals surface area (Å²) in [5, 5.41) is 8.96. The van der Waals surface area contributed by atoms with Gasteiger partial charge in [-0.25, -0.2) is 4.79 Å². The van der Waals surface area contributed by atoms with Gasteiger partial charge in [0.25, 0.3) is 0 Å². The Morgan fingerprint density at radius 1 is 1.11 bits per heavy atom. The summed E-state index contributed by atoms with van der Waals surface area (Å²) < 4.78 is 0. The van der Waals surface area contributed by atoms with Crippen molar-refractivity contribution < 1.29 is 14.7 Å². The highest BCUT2D eigenvalue weighted by molar-refractivity contribution is 7.99.